The van der Waals surface area contributed by atoms with Crippen molar-refractivity contribution in [1.82, 2.24) is 4.98 Å². The molecule has 0 atom stereocenters. The molecule has 3 aromatic rings. The molecular weight excluding hydrogens is 288 g/mol. The van der Waals surface area contributed by atoms with E-state index in [2.05, 4.69) is 11.9 Å². The molecule has 1 heterocycles. The molecule has 118 valence electrons. The van der Waals surface area contributed by atoms with Crippen LogP contribution in [0.3, 0.4) is 0 Å². The van der Waals surface area contributed by atoms with E-state index in [0.717, 1.165) is 34.9 Å². The number of nitrogens with zero attached hydrogens (tertiary/aromatic N) is 1. The van der Waals surface area contributed by atoms with Gasteiger partial charge in [-0.3, -0.25) is 0 Å². The Kier molecular flexibility index (Phi) is 4.62. The number of anilines is 1. The van der Waals surface area contributed by atoms with Crippen LogP contribution in [0.1, 0.15) is 18.6 Å². The van der Waals surface area contributed by atoms with Crippen molar-refractivity contribution in [3.05, 3.63) is 66.2 Å². The molecular formula is C19H20N2O2. The summed E-state index contributed by atoms with van der Waals surface area (Å²) in [6.45, 7) is 2.59. The Balaban J connectivity index is 1.67. The molecule has 23 heavy (non-hydrogen) atoms. The number of aryl methyl sites for hydroxylation is 1. The molecule has 4 nitrogen and oxygen atoms in total. The van der Waals surface area contributed by atoms with E-state index in [9.17, 15) is 0 Å². The van der Waals surface area contributed by atoms with E-state index in [-0.39, 0.29) is 0 Å². The third kappa shape index (κ3) is 3.72. The van der Waals surface area contributed by atoms with Gasteiger partial charge in [-0.15, -0.1) is 0 Å². The van der Waals surface area contributed by atoms with Gasteiger partial charge in [0.2, 0.25) is 0 Å². The topological polar surface area (TPSA) is 61.3 Å². The Morgan fingerprint density at radius 1 is 1.04 bits per heavy atom. The molecule has 0 bridgehead atoms. The summed E-state index contributed by atoms with van der Waals surface area (Å²) in [6.07, 6.45) is 1.44. The van der Waals surface area contributed by atoms with Gasteiger partial charge in [0.15, 0.2) is 5.89 Å². The van der Waals surface area contributed by atoms with Gasteiger partial charge >= 0.3 is 0 Å². The summed E-state index contributed by atoms with van der Waals surface area (Å²) in [6, 6.07) is 17.5. The van der Waals surface area contributed by atoms with E-state index in [1.54, 1.807) is 0 Å². The lowest BCUT2D eigenvalue weighted by Crippen LogP contribution is -2.01. The summed E-state index contributed by atoms with van der Waals surface area (Å²) in [4.78, 5) is 4.63. The highest BCUT2D eigenvalue weighted by Gasteiger charge is 2.13. The largest absolute Gasteiger partial charge is 0.493 e. The molecule has 2 aromatic carbocycles. The van der Waals surface area contributed by atoms with E-state index in [1.165, 1.54) is 0 Å². The van der Waals surface area contributed by atoms with Gasteiger partial charge in [-0.1, -0.05) is 37.3 Å². The Hall–Kier alpha value is -2.75. The highest BCUT2D eigenvalue weighted by Crippen LogP contribution is 2.24. The summed E-state index contributed by atoms with van der Waals surface area (Å²) >= 11 is 0. The Morgan fingerprint density at radius 2 is 1.78 bits per heavy atom. The van der Waals surface area contributed by atoms with Crippen molar-refractivity contribution in [2.24, 2.45) is 0 Å². The van der Waals surface area contributed by atoms with Gasteiger partial charge in [0.1, 0.15) is 17.2 Å². The average Bonchev–Trinajstić information content (AvgIpc) is 3.01. The van der Waals surface area contributed by atoms with Crippen LogP contribution in [0, 0.1) is 0 Å². The Bertz CT molecular complexity index is 749. The molecule has 1 aromatic heterocycles. The first-order chi connectivity index (χ1) is 11.3. The maximum absolute atomic E-state index is 5.86. The van der Waals surface area contributed by atoms with Gasteiger partial charge in [0, 0.05) is 17.7 Å². The lowest BCUT2D eigenvalue weighted by Gasteiger charge is -2.04. The van der Waals surface area contributed by atoms with Crippen LogP contribution in [0.4, 0.5) is 5.69 Å². The third-order valence-electron chi connectivity index (χ3n) is 3.57. The zero-order valence-electron chi connectivity index (χ0n) is 13.2. The third-order valence-corrected chi connectivity index (χ3v) is 3.57. The number of benzene rings is 2. The fourth-order valence-corrected chi connectivity index (χ4v) is 2.39. The summed E-state index contributed by atoms with van der Waals surface area (Å²) in [5.41, 5.74) is 8.39. The second kappa shape index (κ2) is 7.01. The van der Waals surface area contributed by atoms with Crippen molar-refractivity contribution >= 4 is 5.69 Å². The zero-order valence-corrected chi connectivity index (χ0v) is 13.2. The molecule has 0 amide bonds. The molecule has 0 aliphatic heterocycles. The van der Waals surface area contributed by atoms with Gasteiger partial charge < -0.3 is 14.9 Å². The highest BCUT2D eigenvalue weighted by atomic mass is 16.5. The first-order valence-corrected chi connectivity index (χ1v) is 7.78. The van der Waals surface area contributed by atoms with Crippen molar-refractivity contribution in [2.45, 2.75) is 19.8 Å². The quantitative estimate of drug-likeness (QED) is 0.696. The van der Waals surface area contributed by atoms with Crippen molar-refractivity contribution in [1.29, 1.82) is 0 Å². The summed E-state index contributed by atoms with van der Waals surface area (Å²) < 4.78 is 11.6. The minimum Gasteiger partial charge on any atom is -0.493 e. The number of hydrogen-bond acceptors (Lipinski definition) is 4. The highest BCUT2D eigenvalue weighted by molar-refractivity contribution is 5.61. The van der Waals surface area contributed by atoms with Gasteiger partial charge in [0.05, 0.1) is 13.0 Å². The molecule has 4 heteroatoms. The summed E-state index contributed by atoms with van der Waals surface area (Å²) in [7, 11) is 0. The van der Waals surface area contributed by atoms with Crippen LogP contribution in [0.5, 0.6) is 5.75 Å². The van der Waals surface area contributed by atoms with Crippen LogP contribution in [-0.4, -0.2) is 11.6 Å². The van der Waals surface area contributed by atoms with E-state index in [0.29, 0.717) is 18.9 Å². The van der Waals surface area contributed by atoms with E-state index >= 15 is 0 Å². The minimum atomic E-state index is 0.516. The maximum atomic E-state index is 5.86. The SMILES string of the molecule is CCc1oc(CCOc2ccc(N)cc2)nc1-c1ccccc1. The minimum absolute atomic E-state index is 0.516. The second-order valence-corrected chi connectivity index (χ2v) is 5.27. The first-order valence-electron chi connectivity index (χ1n) is 7.78. The number of nitrogens with two attached hydrogens (primary N) is 1. The number of aromatic nitrogens is 1. The summed E-state index contributed by atoms with van der Waals surface area (Å²) in [5.74, 6) is 2.42. The van der Waals surface area contributed by atoms with Crippen LogP contribution in [0.25, 0.3) is 11.3 Å². The fourth-order valence-electron chi connectivity index (χ4n) is 2.39. The van der Waals surface area contributed by atoms with Gasteiger partial charge in [0.25, 0.3) is 0 Å². The van der Waals surface area contributed by atoms with Crippen molar-refractivity contribution in [3.8, 4) is 17.0 Å². The lowest BCUT2D eigenvalue weighted by atomic mass is 10.1. The van der Waals surface area contributed by atoms with E-state index in [4.69, 9.17) is 14.9 Å². The van der Waals surface area contributed by atoms with Crippen LogP contribution < -0.4 is 10.5 Å². The van der Waals surface area contributed by atoms with Crippen LogP contribution in [0.15, 0.2) is 59.0 Å². The Morgan fingerprint density at radius 3 is 2.48 bits per heavy atom. The molecule has 3 rings (SSSR count). The van der Waals surface area contributed by atoms with E-state index in [1.807, 2.05) is 54.6 Å². The summed E-state index contributed by atoms with van der Waals surface area (Å²) in [5, 5.41) is 0. The monoisotopic (exact) mass is 308 g/mol. The number of nitrogen functional groups attached to an aromatic ring is 1. The first kappa shape index (κ1) is 15.2. The smallest absolute Gasteiger partial charge is 0.198 e. The number of hydrogen-bond donors (Lipinski definition) is 1. The second-order valence-electron chi connectivity index (χ2n) is 5.27. The molecule has 0 fully saturated rings. The average molecular weight is 308 g/mol. The molecule has 0 aliphatic carbocycles. The number of oxazole rings is 1. The van der Waals surface area contributed by atoms with Crippen LogP contribution in [-0.2, 0) is 12.8 Å². The molecule has 0 radical (unpaired) electrons. The zero-order chi connectivity index (χ0) is 16.1. The lowest BCUT2D eigenvalue weighted by molar-refractivity contribution is 0.304. The number of ether oxygens (including phenoxy) is 1. The van der Waals surface area contributed by atoms with Gasteiger partial charge in [-0.05, 0) is 24.3 Å². The molecule has 0 saturated heterocycles. The predicted octanol–water partition coefficient (Wildman–Crippen LogP) is 4.11. The van der Waals surface area contributed by atoms with E-state index < -0.39 is 0 Å². The standard InChI is InChI=1S/C19H20N2O2/c1-2-17-19(14-6-4-3-5-7-14)21-18(23-17)12-13-22-16-10-8-15(20)9-11-16/h3-11H,2,12-13,20H2,1H3. The molecule has 2 N–H and O–H groups in total. The molecule has 0 saturated carbocycles. The molecule has 0 spiro atoms. The maximum Gasteiger partial charge on any atom is 0.198 e. The molecule has 0 unspecified atom stereocenters. The normalized spacial score (nSPS) is 10.7. The van der Waals surface area contributed by atoms with Crippen molar-refractivity contribution < 1.29 is 9.15 Å². The van der Waals surface area contributed by atoms with Crippen molar-refractivity contribution in [2.75, 3.05) is 12.3 Å². The van der Waals surface area contributed by atoms with Gasteiger partial charge in [-0.25, -0.2) is 4.98 Å². The predicted molar refractivity (Wildman–Crippen MR) is 91.4 cm³/mol. The molecule has 0 aliphatic rings. The Labute approximate surface area is 135 Å². The van der Waals surface area contributed by atoms with Crippen LogP contribution >= 0.6 is 0 Å². The van der Waals surface area contributed by atoms with Crippen LogP contribution in [0.2, 0.25) is 0 Å². The van der Waals surface area contributed by atoms with Crippen molar-refractivity contribution in [3.63, 3.8) is 0 Å². The number of rotatable bonds is 6. The van der Waals surface area contributed by atoms with Gasteiger partial charge in [-0.2, -0.15) is 0 Å². The fraction of sp³-hybridized carbons (Fsp3) is 0.211.